The minimum absolute atomic E-state index is 0.0628. The number of hydrogen-bond donors (Lipinski definition) is 1. The first-order chi connectivity index (χ1) is 10.9. The third-order valence-corrected chi connectivity index (χ3v) is 4.06. The minimum atomic E-state index is 0.0628. The number of methoxy groups -OCH3 is 1. The normalized spacial score (nSPS) is 15.7. The average Bonchev–Trinajstić information content (AvgIpc) is 2.54. The molecule has 1 aliphatic heterocycles. The fourth-order valence-corrected chi connectivity index (χ4v) is 2.71. The second-order valence-electron chi connectivity index (χ2n) is 6.99. The van der Waals surface area contributed by atoms with Gasteiger partial charge in [-0.15, -0.1) is 0 Å². The molecule has 0 aliphatic carbocycles. The monoisotopic (exact) mass is 319 g/mol. The highest BCUT2D eigenvalue weighted by Gasteiger charge is 2.21. The summed E-state index contributed by atoms with van der Waals surface area (Å²) >= 11 is 0. The number of nitrogens with zero attached hydrogens (tertiary/aromatic N) is 2. The number of rotatable bonds is 5. The lowest BCUT2D eigenvalue weighted by molar-refractivity contribution is -0.131. The number of carbonyl (C=O) groups excluding carboxylic acids is 1. The maximum absolute atomic E-state index is 12.3. The number of anilines is 1. The minimum Gasteiger partial charge on any atom is -0.497 e. The van der Waals surface area contributed by atoms with E-state index < -0.39 is 0 Å². The zero-order chi connectivity index (χ0) is 16.9. The fraction of sp³-hybridized carbons (Fsp3) is 0.611. The predicted molar refractivity (Wildman–Crippen MR) is 94.2 cm³/mol. The molecule has 1 heterocycles. The molecular weight excluding hydrogens is 290 g/mol. The standard InChI is InChI=1S/C18H29N3O2/c1-18(2,3)19-10-9-17(22)21-13-11-20(12-14-21)15-5-7-16(23-4)8-6-15/h5-8,19H,9-14H2,1-4H3. The quantitative estimate of drug-likeness (QED) is 0.903. The molecule has 1 amide bonds. The fourth-order valence-electron chi connectivity index (χ4n) is 2.71. The number of benzene rings is 1. The molecule has 5 heteroatoms. The Morgan fingerprint density at radius 1 is 1.13 bits per heavy atom. The molecule has 1 fully saturated rings. The Hall–Kier alpha value is -1.75. The van der Waals surface area contributed by atoms with Crippen LogP contribution in [0.15, 0.2) is 24.3 Å². The van der Waals surface area contributed by atoms with Gasteiger partial charge < -0.3 is 19.9 Å². The van der Waals surface area contributed by atoms with Gasteiger partial charge in [-0.3, -0.25) is 4.79 Å². The predicted octanol–water partition coefficient (Wildman–Crippen LogP) is 2.12. The molecule has 0 spiro atoms. The van der Waals surface area contributed by atoms with Crippen LogP contribution in [0, 0.1) is 0 Å². The molecule has 1 aliphatic rings. The van der Waals surface area contributed by atoms with Crippen molar-refractivity contribution in [3.63, 3.8) is 0 Å². The number of carbonyl (C=O) groups is 1. The van der Waals surface area contributed by atoms with Gasteiger partial charge in [0, 0.05) is 50.4 Å². The first-order valence-electron chi connectivity index (χ1n) is 8.31. The van der Waals surface area contributed by atoms with Crippen LogP contribution in [0.3, 0.4) is 0 Å². The van der Waals surface area contributed by atoms with Crippen LogP contribution in [0.1, 0.15) is 27.2 Å². The molecule has 23 heavy (non-hydrogen) atoms. The van der Waals surface area contributed by atoms with Crippen LogP contribution >= 0.6 is 0 Å². The first-order valence-corrected chi connectivity index (χ1v) is 8.31. The van der Waals surface area contributed by atoms with Crippen LogP contribution in [-0.4, -0.2) is 56.2 Å². The lowest BCUT2D eigenvalue weighted by Crippen LogP contribution is -2.49. The molecule has 1 aromatic rings. The van der Waals surface area contributed by atoms with Gasteiger partial charge in [-0.1, -0.05) is 0 Å². The molecule has 1 N–H and O–H groups in total. The number of piperazine rings is 1. The summed E-state index contributed by atoms with van der Waals surface area (Å²) in [7, 11) is 1.67. The highest BCUT2D eigenvalue weighted by molar-refractivity contribution is 5.76. The van der Waals surface area contributed by atoms with E-state index in [-0.39, 0.29) is 11.4 Å². The van der Waals surface area contributed by atoms with Crippen LogP contribution in [-0.2, 0) is 4.79 Å². The molecule has 0 atom stereocenters. The topological polar surface area (TPSA) is 44.8 Å². The van der Waals surface area contributed by atoms with Crippen LogP contribution < -0.4 is 15.0 Å². The van der Waals surface area contributed by atoms with E-state index in [2.05, 4.69) is 43.1 Å². The van der Waals surface area contributed by atoms with E-state index in [4.69, 9.17) is 4.74 Å². The lowest BCUT2D eigenvalue weighted by Gasteiger charge is -2.36. The molecule has 0 saturated carbocycles. The zero-order valence-corrected chi connectivity index (χ0v) is 14.8. The zero-order valence-electron chi connectivity index (χ0n) is 14.8. The number of hydrogen-bond acceptors (Lipinski definition) is 4. The molecule has 1 aromatic carbocycles. The van der Waals surface area contributed by atoms with Crippen LogP contribution in [0.4, 0.5) is 5.69 Å². The van der Waals surface area contributed by atoms with Crippen molar-refractivity contribution in [1.82, 2.24) is 10.2 Å². The van der Waals surface area contributed by atoms with Crippen molar-refractivity contribution in [3.8, 4) is 5.75 Å². The second-order valence-corrected chi connectivity index (χ2v) is 6.99. The SMILES string of the molecule is COc1ccc(N2CCN(C(=O)CCNC(C)(C)C)CC2)cc1. The van der Waals surface area contributed by atoms with Crippen molar-refractivity contribution in [3.05, 3.63) is 24.3 Å². The summed E-state index contributed by atoms with van der Waals surface area (Å²) in [6, 6.07) is 8.10. The van der Waals surface area contributed by atoms with Gasteiger partial charge in [-0.05, 0) is 45.0 Å². The van der Waals surface area contributed by atoms with E-state index in [1.54, 1.807) is 7.11 Å². The Morgan fingerprint density at radius 2 is 1.74 bits per heavy atom. The van der Waals surface area contributed by atoms with Gasteiger partial charge in [-0.25, -0.2) is 0 Å². The average molecular weight is 319 g/mol. The van der Waals surface area contributed by atoms with Gasteiger partial charge in [0.2, 0.25) is 5.91 Å². The summed E-state index contributed by atoms with van der Waals surface area (Å²) in [5, 5.41) is 3.37. The number of ether oxygens (including phenoxy) is 1. The van der Waals surface area contributed by atoms with Gasteiger partial charge in [0.15, 0.2) is 0 Å². The smallest absolute Gasteiger partial charge is 0.223 e. The van der Waals surface area contributed by atoms with Crippen molar-refractivity contribution in [2.45, 2.75) is 32.7 Å². The molecule has 5 nitrogen and oxygen atoms in total. The van der Waals surface area contributed by atoms with Gasteiger partial charge in [0.1, 0.15) is 5.75 Å². The van der Waals surface area contributed by atoms with E-state index in [0.29, 0.717) is 6.42 Å². The molecule has 0 unspecified atom stereocenters. The Kier molecular flexibility index (Phi) is 5.88. The van der Waals surface area contributed by atoms with Crippen LogP contribution in [0.2, 0.25) is 0 Å². The first kappa shape index (κ1) is 17.6. The summed E-state index contributed by atoms with van der Waals surface area (Å²) in [5.74, 6) is 1.12. The van der Waals surface area contributed by atoms with Crippen LogP contribution in [0.25, 0.3) is 0 Å². The lowest BCUT2D eigenvalue weighted by atomic mass is 10.1. The molecule has 128 valence electrons. The maximum Gasteiger partial charge on any atom is 0.223 e. The molecule has 0 radical (unpaired) electrons. The van der Waals surface area contributed by atoms with Crippen molar-refractivity contribution >= 4 is 11.6 Å². The van der Waals surface area contributed by atoms with Crippen molar-refractivity contribution in [2.75, 3.05) is 44.7 Å². The molecule has 1 saturated heterocycles. The summed E-state index contributed by atoms with van der Waals surface area (Å²) in [6.07, 6.45) is 0.569. The van der Waals surface area contributed by atoms with Gasteiger partial charge in [-0.2, -0.15) is 0 Å². The summed E-state index contributed by atoms with van der Waals surface area (Å²) in [6.45, 7) is 10.4. The van der Waals surface area contributed by atoms with Crippen LogP contribution in [0.5, 0.6) is 5.75 Å². The van der Waals surface area contributed by atoms with Gasteiger partial charge in [0.05, 0.1) is 7.11 Å². The third-order valence-electron chi connectivity index (χ3n) is 4.06. The summed E-state index contributed by atoms with van der Waals surface area (Å²) in [4.78, 5) is 16.6. The largest absolute Gasteiger partial charge is 0.497 e. The van der Waals surface area contributed by atoms with E-state index in [1.165, 1.54) is 5.69 Å². The maximum atomic E-state index is 12.3. The Balaban J connectivity index is 1.77. The summed E-state index contributed by atoms with van der Waals surface area (Å²) < 4.78 is 5.19. The van der Waals surface area contributed by atoms with E-state index in [1.807, 2.05) is 17.0 Å². The highest BCUT2D eigenvalue weighted by Crippen LogP contribution is 2.20. The van der Waals surface area contributed by atoms with E-state index >= 15 is 0 Å². The Bertz CT molecular complexity index is 500. The second kappa shape index (κ2) is 7.68. The summed E-state index contributed by atoms with van der Waals surface area (Å²) in [5.41, 5.74) is 1.25. The molecule has 2 rings (SSSR count). The van der Waals surface area contributed by atoms with E-state index in [0.717, 1.165) is 38.5 Å². The third kappa shape index (κ3) is 5.43. The molecule has 0 bridgehead atoms. The highest BCUT2D eigenvalue weighted by atomic mass is 16.5. The number of amides is 1. The Labute approximate surface area is 139 Å². The molecular formula is C18H29N3O2. The Morgan fingerprint density at radius 3 is 2.26 bits per heavy atom. The van der Waals surface area contributed by atoms with Crippen molar-refractivity contribution in [2.24, 2.45) is 0 Å². The van der Waals surface area contributed by atoms with Crippen molar-refractivity contribution < 1.29 is 9.53 Å². The van der Waals surface area contributed by atoms with Gasteiger partial charge >= 0.3 is 0 Å². The van der Waals surface area contributed by atoms with Crippen molar-refractivity contribution in [1.29, 1.82) is 0 Å². The van der Waals surface area contributed by atoms with Gasteiger partial charge in [0.25, 0.3) is 0 Å². The van der Waals surface area contributed by atoms with E-state index in [9.17, 15) is 4.79 Å². The number of nitrogens with one attached hydrogen (secondary N) is 1. The molecule has 0 aromatic heterocycles.